The fraction of sp³-hybridized carbons (Fsp3) is 1.00. The first-order valence-corrected chi connectivity index (χ1v) is 7.11. The molecular formula is C12H24N2O8. The zero-order valence-electron chi connectivity index (χ0n) is 11.8. The predicted octanol–water partition coefficient (Wildman–Crippen LogP) is -5.05. The summed E-state index contributed by atoms with van der Waals surface area (Å²) in [5, 5.41) is 58.1. The van der Waals surface area contributed by atoms with Crippen molar-refractivity contribution in [1.29, 1.82) is 0 Å². The molecule has 0 unspecified atom stereocenters. The minimum absolute atomic E-state index is 0.181. The van der Waals surface area contributed by atoms with Gasteiger partial charge in [0.15, 0.2) is 6.29 Å². The lowest BCUT2D eigenvalue weighted by atomic mass is 9.84. The monoisotopic (exact) mass is 324 g/mol. The van der Waals surface area contributed by atoms with Crippen LogP contribution in [0.4, 0.5) is 0 Å². The Hall–Kier alpha value is -0.400. The van der Waals surface area contributed by atoms with E-state index in [1.54, 1.807) is 0 Å². The molecule has 1 aliphatic carbocycles. The molecule has 0 bridgehead atoms. The van der Waals surface area contributed by atoms with Crippen LogP contribution in [-0.4, -0.2) is 98.3 Å². The highest BCUT2D eigenvalue weighted by molar-refractivity contribution is 4.98. The number of ether oxygens (including phenoxy) is 2. The second kappa shape index (κ2) is 7.01. The third kappa shape index (κ3) is 3.26. The van der Waals surface area contributed by atoms with Crippen LogP contribution in [0.1, 0.15) is 6.42 Å². The summed E-state index contributed by atoms with van der Waals surface area (Å²) >= 11 is 0. The van der Waals surface area contributed by atoms with Gasteiger partial charge in [-0.3, -0.25) is 0 Å². The maximum atomic E-state index is 10.0. The van der Waals surface area contributed by atoms with Gasteiger partial charge in [-0.05, 0) is 6.42 Å². The van der Waals surface area contributed by atoms with Gasteiger partial charge in [0, 0.05) is 12.1 Å². The van der Waals surface area contributed by atoms with Crippen molar-refractivity contribution >= 4 is 0 Å². The van der Waals surface area contributed by atoms with Crippen molar-refractivity contribution in [3.8, 4) is 0 Å². The van der Waals surface area contributed by atoms with E-state index in [4.69, 9.17) is 26.0 Å². The lowest BCUT2D eigenvalue weighted by molar-refractivity contribution is -0.323. The first-order chi connectivity index (χ1) is 10.3. The zero-order valence-corrected chi connectivity index (χ0v) is 11.8. The Morgan fingerprint density at radius 3 is 2.09 bits per heavy atom. The van der Waals surface area contributed by atoms with Crippen molar-refractivity contribution in [1.82, 2.24) is 0 Å². The fourth-order valence-corrected chi connectivity index (χ4v) is 2.80. The number of rotatable bonds is 3. The molecule has 1 aliphatic heterocycles. The van der Waals surface area contributed by atoms with Gasteiger partial charge in [-0.2, -0.15) is 0 Å². The zero-order chi connectivity index (χ0) is 16.6. The largest absolute Gasteiger partial charge is 0.394 e. The molecule has 22 heavy (non-hydrogen) atoms. The number of hydrogen-bond donors (Lipinski definition) is 8. The minimum Gasteiger partial charge on any atom is -0.394 e. The minimum atomic E-state index is -1.61. The first-order valence-electron chi connectivity index (χ1n) is 7.11. The van der Waals surface area contributed by atoms with Crippen molar-refractivity contribution in [2.45, 2.75) is 67.5 Å². The fourth-order valence-electron chi connectivity index (χ4n) is 2.80. The van der Waals surface area contributed by atoms with Crippen LogP contribution < -0.4 is 11.5 Å². The lowest BCUT2D eigenvalue weighted by Gasteiger charge is -2.45. The highest BCUT2D eigenvalue weighted by Gasteiger charge is 2.48. The van der Waals surface area contributed by atoms with Crippen LogP contribution >= 0.6 is 0 Å². The Morgan fingerprint density at radius 1 is 0.864 bits per heavy atom. The van der Waals surface area contributed by atoms with Crippen molar-refractivity contribution < 1.29 is 40.1 Å². The number of aliphatic hydroxyl groups excluding tert-OH is 6. The number of nitrogens with two attached hydrogens (primary N) is 2. The van der Waals surface area contributed by atoms with Crippen LogP contribution in [0.25, 0.3) is 0 Å². The molecule has 2 fully saturated rings. The van der Waals surface area contributed by atoms with Gasteiger partial charge >= 0.3 is 0 Å². The van der Waals surface area contributed by atoms with Crippen LogP contribution in [0.5, 0.6) is 0 Å². The van der Waals surface area contributed by atoms with Crippen LogP contribution in [0.2, 0.25) is 0 Å². The molecule has 0 spiro atoms. The van der Waals surface area contributed by atoms with Crippen LogP contribution in [-0.2, 0) is 9.47 Å². The van der Waals surface area contributed by atoms with E-state index in [9.17, 15) is 25.5 Å². The molecule has 0 aromatic rings. The smallest absolute Gasteiger partial charge is 0.187 e. The maximum Gasteiger partial charge on any atom is 0.187 e. The first kappa shape index (κ1) is 17.9. The predicted molar refractivity (Wildman–Crippen MR) is 71.2 cm³/mol. The Balaban J connectivity index is 2.08. The summed E-state index contributed by atoms with van der Waals surface area (Å²) in [6, 6.07) is -1.43. The van der Waals surface area contributed by atoms with Gasteiger partial charge in [0.25, 0.3) is 0 Å². The summed E-state index contributed by atoms with van der Waals surface area (Å²) < 4.78 is 10.6. The molecule has 0 radical (unpaired) electrons. The van der Waals surface area contributed by atoms with Gasteiger partial charge in [-0.25, -0.2) is 0 Å². The summed E-state index contributed by atoms with van der Waals surface area (Å²) in [4.78, 5) is 0. The topological polar surface area (TPSA) is 192 Å². The quantitative estimate of drug-likeness (QED) is 0.249. The second-order valence-corrected chi connectivity index (χ2v) is 5.84. The molecule has 2 rings (SSSR count). The van der Waals surface area contributed by atoms with E-state index in [2.05, 4.69) is 0 Å². The molecule has 1 heterocycles. The van der Waals surface area contributed by atoms with Crippen LogP contribution in [0.15, 0.2) is 0 Å². The van der Waals surface area contributed by atoms with Gasteiger partial charge in [0.05, 0.1) is 12.7 Å². The molecule has 0 amide bonds. The van der Waals surface area contributed by atoms with Crippen molar-refractivity contribution in [2.75, 3.05) is 6.61 Å². The summed E-state index contributed by atoms with van der Waals surface area (Å²) in [5.41, 5.74) is 11.5. The van der Waals surface area contributed by atoms with E-state index in [0.717, 1.165) is 0 Å². The molecule has 10 nitrogen and oxygen atoms in total. The van der Waals surface area contributed by atoms with Crippen molar-refractivity contribution in [2.24, 2.45) is 11.5 Å². The Kier molecular flexibility index (Phi) is 5.72. The lowest BCUT2D eigenvalue weighted by Crippen LogP contribution is -2.65. The van der Waals surface area contributed by atoms with E-state index in [1.807, 2.05) is 0 Å². The Morgan fingerprint density at radius 2 is 1.50 bits per heavy atom. The molecular weight excluding hydrogens is 300 g/mol. The Bertz CT molecular complexity index is 373. The average molecular weight is 324 g/mol. The van der Waals surface area contributed by atoms with E-state index >= 15 is 0 Å². The third-order valence-electron chi connectivity index (χ3n) is 4.23. The SMILES string of the molecule is N[C@@H]1C[C@H](N)[C@@H](O[C@H]2O[C@H](CO)[C@@H](O)[C@H](O)[C@H]2O)[C@H](O)[C@H]1O. The number of hydrogen-bond acceptors (Lipinski definition) is 10. The van der Waals surface area contributed by atoms with E-state index in [1.165, 1.54) is 0 Å². The van der Waals surface area contributed by atoms with Crippen molar-refractivity contribution in [3.63, 3.8) is 0 Å². The van der Waals surface area contributed by atoms with E-state index < -0.39 is 67.7 Å². The van der Waals surface area contributed by atoms with Gasteiger partial charge in [-0.1, -0.05) is 0 Å². The van der Waals surface area contributed by atoms with Gasteiger partial charge in [0.2, 0.25) is 0 Å². The van der Waals surface area contributed by atoms with Crippen LogP contribution in [0.3, 0.4) is 0 Å². The van der Waals surface area contributed by atoms with E-state index in [-0.39, 0.29) is 6.42 Å². The molecule has 10 N–H and O–H groups in total. The molecule has 2 aliphatic rings. The Labute approximate surface area is 126 Å². The second-order valence-electron chi connectivity index (χ2n) is 5.84. The van der Waals surface area contributed by atoms with Crippen LogP contribution in [0, 0.1) is 0 Å². The van der Waals surface area contributed by atoms with Gasteiger partial charge in [-0.15, -0.1) is 0 Å². The average Bonchev–Trinajstić information content (AvgIpc) is 2.49. The summed E-state index contributed by atoms with van der Waals surface area (Å²) in [6.07, 6.45) is -10.8. The molecule has 0 aromatic carbocycles. The standard InChI is InChI=1S/C12H24N2O8/c13-3-1-4(14)11(9(19)6(3)16)22-12-10(20)8(18)7(17)5(2-15)21-12/h3-12,15-20H,1-2,13-14H2/t3-,4+,5-,6+,7-,8+,9-,10-,11-,12-/m1/s1. The number of aliphatic hydroxyl groups is 6. The molecule has 0 aromatic heterocycles. The normalized spacial score (nSPS) is 53.5. The van der Waals surface area contributed by atoms with Gasteiger partial charge < -0.3 is 51.6 Å². The summed E-state index contributed by atoms with van der Waals surface area (Å²) in [7, 11) is 0. The maximum absolute atomic E-state index is 10.0. The third-order valence-corrected chi connectivity index (χ3v) is 4.23. The highest BCUT2D eigenvalue weighted by Crippen LogP contribution is 2.27. The molecule has 1 saturated heterocycles. The molecule has 1 saturated carbocycles. The van der Waals surface area contributed by atoms with Gasteiger partial charge in [0.1, 0.15) is 36.6 Å². The van der Waals surface area contributed by atoms with Crippen molar-refractivity contribution in [3.05, 3.63) is 0 Å². The summed E-state index contributed by atoms with van der Waals surface area (Å²) in [6.45, 7) is -0.600. The molecule has 130 valence electrons. The highest BCUT2D eigenvalue weighted by atomic mass is 16.7. The van der Waals surface area contributed by atoms with E-state index in [0.29, 0.717) is 0 Å². The molecule has 10 heteroatoms. The summed E-state index contributed by atoms with van der Waals surface area (Å²) in [5.74, 6) is 0. The molecule has 10 atom stereocenters.